The van der Waals surface area contributed by atoms with Gasteiger partial charge in [0, 0.05) is 14.0 Å². The molecule has 8 heteroatoms. The van der Waals surface area contributed by atoms with Gasteiger partial charge in [0.25, 0.3) is 0 Å². The lowest BCUT2D eigenvalue weighted by molar-refractivity contribution is -0.390. The molecule has 1 heterocycles. The van der Waals surface area contributed by atoms with Crippen molar-refractivity contribution in [3.8, 4) is 11.6 Å². The molecule has 0 saturated carbocycles. The first-order valence-corrected chi connectivity index (χ1v) is 6.00. The second-order valence-electron chi connectivity index (χ2n) is 4.51. The molecule has 0 saturated heterocycles. The van der Waals surface area contributed by atoms with Crippen molar-refractivity contribution < 1.29 is 19.6 Å². The fraction of sp³-hybridized carbons (Fsp3) is 0.231. The predicted molar refractivity (Wildman–Crippen MR) is 72.8 cm³/mol. The summed E-state index contributed by atoms with van der Waals surface area (Å²) < 4.78 is 6.84. The van der Waals surface area contributed by atoms with Crippen LogP contribution in [-0.2, 0) is 7.05 Å². The summed E-state index contributed by atoms with van der Waals surface area (Å²) in [5, 5.41) is 20.2. The highest BCUT2D eigenvalue weighted by Gasteiger charge is 2.27. The molecule has 0 aliphatic rings. The summed E-state index contributed by atoms with van der Waals surface area (Å²) in [6, 6.07) is 4.56. The van der Waals surface area contributed by atoms with Crippen LogP contribution in [-0.4, -0.2) is 25.6 Å². The smallest absolute Gasteiger partial charge is 0.427 e. The number of rotatable bonds is 4. The molecule has 0 radical (unpaired) electrons. The second-order valence-corrected chi connectivity index (χ2v) is 4.51. The molecule has 0 aliphatic heterocycles. The Morgan fingerprint density at radius 3 is 2.67 bits per heavy atom. The highest BCUT2D eigenvalue weighted by Crippen LogP contribution is 2.33. The quantitative estimate of drug-likeness (QED) is 0.684. The normalized spacial score (nSPS) is 10.4. The van der Waals surface area contributed by atoms with E-state index in [2.05, 4.69) is 4.98 Å². The van der Waals surface area contributed by atoms with Crippen molar-refractivity contribution in [2.24, 2.45) is 7.05 Å². The minimum Gasteiger partial charge on any atom is -0.478 e. The number of carboxylic acid groups (broad SMARTS) is 1. The van der Waals surface area contributed by atoms with Crippen molar-refractivity contribution in [1.29, 1.82) is 0 Å². The number of aryl methyl sites for hydroxylation is 2. The van der Waals surface area contributed by atoms with Crippen LogP contribution in [0.1, 0.15) is 21.7 Å². The van der Waals surface area contributed by atoms with E-state index in [1.807, 2.05) is 0 Å². The standard InChI is InChI=1S/C13H13N3O5/c1-7-4-5-10(9(6-7)13(17)18)21-12-11(16(19)20)14-8(2)15(12)3/h4-6H,1-3H3,(H,17,18). The minimum absolute atomic E-state index is 0.0270. The van der Waals surface area contributed by atoms with Gasteiger partial charge in [0.15, 0.2) is 0 Å². The highest BCUT2D eigenvalue weighted by atomic mass is 16.6. The van der Waals surface area contributed by atoms with Gasteiger partial charge in [0.2, 0.25) is 5.82 Å². The zero-order valence-corrected chi connectivity index (χ0v) is 11.7. The summed E-state index contributed by atoms with van der Waals surface area (Å²) in [5.74, 6) is -1.31. The van der Waals surface area contributed by atoms with Gasteiger partial charge in [-0.2, -0.15) is 0 Å². The van der Waals surface area contributed by atoms with E-state index >= 15 is 0 Å². The fourth-order valence-electron chi connectivity index (χ4n) is 1.81. The third-order valence-electron chi connectivity index (χ3n) is 2.99. The predicted octanol–water partition coefficient (Wildman–Crippen LogP) is 2.44. The van der Waals surface area contributed by atoms with Crippen LogP contribution in [0.5, 0.6) is 11.6 Å². The molecule has 0 bridgehead atoms. The number of aromatic carboxylic acids is 1. The number of hydrogen-bond donors (Lipinski definition) is 1. The Labute approximate surface area is 119 Å². The molecule has 2 rings (SSSR count). The van der Waals surface area contributed by atoms with Crippen LogP contribution in [0.2, 0.25) is 0 Å². The first kappa shape index (κ1) is 14.5. The van der Waals surface area contributed by atoms with Crippen LogP contribution < -0.4 is 4.74 Å². The lowest BCUT2D eigenvalue weighted by atomic mass is 10.1. The number of hydrogen-bond acceptors (Lipinski definition) is 5. The van der Waals surface area contributed by atoms with Gasteiger partial charge in [0.1, 0.15) is 11.3 Å². The Morgan fingerprint density at radius 1 is 1.43 bits per heavy atom. The van der Waals surface area contributed by atoms with Crippen LogP contribution in [0.4, 0.5) is 5.82 Å². The first-order valence-electron chi connectivity index (χ1n) is 6.00. The number of aromatic nitrogens is 2. The van der Waals surface area contributed by atoms with Gasteiger partial charge in [-0.3, -0.25) is 4.57 Å². The molecule has 0 unspecified atom stereocenters. The van der Waals surface area contributed by atoms with Gasteiger partial charge in [0.05, 0.1) is 0 Å². The molecule has 0 aliphatic carbocycles. The number of nitrogens with zero attached hydrogens (tertiary/aromatic N) is 3. The Morgan fingerprint density at radius 2 is 2.10 bits per heavy atom. The van der Waals surface area contributed by atoms with Gasteiger partial charge in [-0.05, 0) is 29.0 Å². The van der Waals surface area contributed by atoms with Crippen LogP contribution in [0, 0.1) is 24.0 Å². The number of nitro groups is 1. The number of carboxylic acids is 1. The minimum atomic E-state index is -1.17. The maximum absolute atomic E-state index is 11.2. The number of benzene rings is 1. The van der Waals surface area contributed by atoms with Crippen molar-refractivity contribution in [2.45, 2.75) is 13.8 Å². The van der Waals surface area contributed by atoms with E-state index in [-0.39, 0.29) is 17.2 Å². The molecule has 0 atom stereocenters. The topological polar surface area (TPSA) is 107 Å². The van der Waals surface area contributed by atoms with E-state index in [1.165, 1.54) is 16.7 Å². The zero-order valence-electron chi connectivity index (χ0n) is 11.7. The molecule has 1 aromatic heterocycles. The largest absolute Gasteiger partial charge is 0.478 e. The van der Waals surface area contributed by atoms with E-state index < -0.39 is 16.7 Å². The first-order chi connectivity index (χ1) is 9.81. The summed E-state index contributed by atoms with van der Waals surface area (Å²) in [7, 11) is 1.55. The molecular formula is C13H13N3O5. The molecule has 8 nitrogen and oxygen atoms in total. The van der Waals surface area contributed by atoms with Crippen LogP contribution in [0.15, 0.2) is 18.2 Å². The van der Waals surface area contributed by atoms with Crippen LogP contribution in [0.25, 0.3) is 0 Å². The maximum atomic E-state index is 11.2. The number of carbonyl (C=O) groups is 1. The lowest BCUT2D eigenvalue weighted by Gasteiger charge is -2.09. The van der Waals surface area contributed by atoms with Crippen molar-refractivity contribution in [1.82, 2.24) is 9.55 Å². The maximum Gasteiger partial charge on any atom is 0.427 e. The van der Waals surface area contributed by atoms with Crippen LogP contribution in [0.3, 0.4) is 0 Å². The number of ether oxygens (including phenoxy) is 1. The Kier molecular flexibility index (Phi) is 3.62. The van der Waals surface area contributed by atoms with Gasteiger partial charge in [-0.1, -0.05) is 11.6 Å². The monoisotopic (exact) mass is 291 g/mol. The molecule has 110 valence electrons. The average molecular weight is 291 g/mol. The summed E-state index contributed by atoms with van der Waals surface area (Å²) in [5.41, 5.74) is 0.679. The Balaban J connectivity index is 2.53. The Bertz CT molecular complexity index is 736. The van der Waals surface area contributed by atoms with E-state index in [1.54, 1.807) is 27.0 Å². The third kappa shape index (κ3) is 2.69. The van der Waals surface area contributed by atoms with E-state index in [0.717, 1.165) is 5.56 Å². The van der Waals surface area contributed by atoms with Crippen molar-refractivity contribution in [3.05, 3.63) is 45.3 Å². The molecule has 2 aromatic rings. The summed E-state index contributed by atoms with van der Waals surface area (Å²) in [6.07, 6.45) is 0. The molecule has 0 spiro atoms. The molecule has 1 aromatic carbocycles. The summed E-state index contributed by atoms with van der Waals surface area (Å²) in [6.45, 7) is 3.33. The van der Waals surface area contributed by atoms with Crippen molar-refractivity contribution in [3.63, 3.8) is 0 Å². The molecular weight excluding hydrogens is 278 g/mol. The van der Waals surface area contributed by atoms with E-state index in [9.17, 15) is 20.0 Å². The molecule has 0 fully saturated rings. The van der Waals surface area contributed by atoms with Crippen LogP contribution >= 0.6 is 0 Å². The Hall–Kier alpha value is -2.90. The lowest BCUT2D eigenvalue weighted by Crippen LogP contribution is -2.03. The number of imidazole rings is 1. The highest BCUT2D eigenvalue weighted by molar-refractivity contribution is 5.91. The van der Waals surface area contributed by atoms with E-state index in [0.29, 0.717) is 5.82 Å². The molecule has 1 N–H and O–H groups in total. The summed E-state index contributed by atoms with van der Waals surface area (Å²) in [4.78, 5) is 25.3. The summed E-state index contributed by atoms with van der Waals surface area (Å²) >= 11 is 0. The van der Waals surface area contributed by atoms with E-state index in [4.69, 9.17) is 4.74 Å². The van der Waals surface area contributed by atoms with Crippen molar-refractivity contribution >= 4 is 11.8 Å². The average Bonchev–Trinajstić information content (AvgIpc) is 2.69. The van der Waals surface area contributed by atoms with Gasteiger partial charge in [-0.25, -0.2) is 4.79 Å². The van der Waals surface area contributed by atoms with Gasteiger partial charge >= 0.3 is 17.7 Å². The van der Waals surface area contributed by atoms with Gasteiger partial charge < -0.3 is 20.0 Å². The SMILES string of the molecule is Cc1ccc(Oc2c([N+](=O)[O-])nc(C)n2C)c(C(=O)O)c1. The molecule has 21 heavy (non-hydrogen) atoms. The third-order valence-corrected chi connectivity index (χ3v) is 2.99. The molecule has 0 amide bonds. The van der Waals surface area contributed by atoms with Crippen molar-refractivity contribution in [2.75, 3.05) is 0 Å². The second kappa shape index (κ2) is 5.23. The zero-order chi connectivity index (χ0) is 15.7. The van der Waals surface area contributed by atoms with Gasteiger partial charge in [-0.15, -0.1) is 0 Å². The fourth-order valence-corrected chi connectivity index (χ4v) is 1.81.